The second-order valence-corrected chi connectivity index (χ2v) is 8.43. The molecule has 0 fully saturated rings. The number of aromatic nitrogens is 1. The molecule has 2 amide bonds. The molecule has 0 saturated carbocycles. The highest BCUT2D eigenvalue weighted by Crippen LogP contribution is 2.23. The second kappa shape index (κ2) is 9.54. The van der Waals surface area contributed by atoms with Crippen molar-refractivity contribution in [2.24, 2.45) is 17.0 Å². The van der Waals surface area contributed by atoms with E-state index >= 15 is 0 Å². The normalized spacial score (nSPS) is 17.8. The van der Waals surface area contributed by atoms with E-state index in [0.717, 1.165) is 10.9 Å². The number of fused-ring (bicyclic) bond motifs is 2. The van der Waals surface area contributed by atoms with Crippen molar-refractivity contribution >= 4 is 46.0 Å². The van der Waals surface area contributed by atoms with Gasteiger partial charge in [0, 0.05) is 49.8 Å². The van der Waals surface area contributed by atoms with Crippen LogP contribution in [0.3, 0.4) is 0 Å². The highest BCUT2D eigenvalue weighted by atomic mass is 32.2. The molecule has 9 heteroatoms. The third-order valence-electron chi connectivity index (χ3n) is 5.27. The largest absolute Gasteiger partial charge is 0.498 e. The average Bonchev–Trinajstić information content (AvgIpc) is 3.18. The average molecular weight is 453 g/mol. The SMILES string of the molecule is COC1=CC2=NC(CSCCNC(=O)c3ccc4ccn(C)c4c3)=NC(=O)C2=CC1OC. The van der Waals surface area contributed by atoms with Crippen molar-refractivity contribution in [3.63, 3.8) is 0 Å². The molecular weight excluding hydrogens is 428 g/mol. The summed E-state index contributed by atoms with van der Waals surface area (Å²) >= 11 is 1.55. The Morgan fingerprint density at radius 1 is 1.25 bits per heavy atom. The van der Waals surface area contributed by atoms with Crippen LogP contribution in [0.2, 0.25) is 0 Å². The van der Waals surface area contributed by atoms with Gasteiger partial charge in [0.2, 0.25) is 0 Å². The second-order valence-electron chi connectivity index (χ2n) is 7.33. The van der Waals surface area contributed by atoms with Gasteiger partial charge in [-0.25, -0.2) is 4.99 Å². The minimum absolute atomic E-state index is 0.110. The number of rotatable bonds is 8. The van der Waals surface area contributed by atoms with Crippen LogP contribution >= 0.6 is 11.8 Å². The lowest BCUT2D eigenvalue weighted by Crippen LogP contribution is -2.28. The molecule has 2 aromatic rings. The molecule has 4 rings (SSSR count). The molecule has 0 saturated heterocycles. The number of ether oxygens (including phenoxy) is 2. The molecule has 1 aromatic heterocycles. The van der Waals surface area contributed by atoms with Gasteiger partial charge < -0.3 is 19.4 Å². The number of nitrogens with one attached hydrogen (secondary N) is 1. The zero-order valence-electron chi connectivity index (χ0n) is 18.1. The van der Waals surface area contributed by atoms with Crippen molar-refractivity contribution in [2.75, 3.05) is 32.3 Å². The Morgan fingerprint density at radius 2 is 2.09 bits per heavy atom. The van der Waals surface area contributed by atoms with Crippen LogP contribution in [-0.2, 0) is 21.3 Å². The summed E-state index contributed by atoms with van der Waals surface area (Å²) < 4.78 is 12.6. The summed E-state index contributed by atoms with van der Waals surface area (Å²) in [5.74, 6) is 1.74. The maximum absolute atomic E-state index is 12.4. The van der Waals surface area contributed by atoms with Crippen molar-refractivity contribution < 1.29 is 19.1 Å². The first-order chi connectivity index (χ1) is 15.5. The number of nitrogens with zero attached hydrogens (tertiary/aromatic N) is 3. The van der Waals surface area contributed by atoms with E-state index in [-0.39, 0.29) is 11.8 Å². The molecule has 1 atom stereocenters. The number of thioether (sulfide) groups is 1. The number of benzene rings is 1. The predicted octanol–water partition coefficient (Wildman–Crippen LogP) is 2.51. The van der Waals surface area contributed by atoms with Gasteiger partial charge in [0.1, 0.15) is 17.7 Å². The molecule has 1 unspecified atom stereocenters. The number of hydrogen-bond donors (Lipinski definition) is 1. The van der Waals surface area contributed by atoms with E-state index in [1.165, 1.54) is 0 Å². The standard InChI is InChI=1S/C23H24N4O4S/c1-27-8-6-14-4-5-15(10-18(14)27)22(28)24-7-9-32-13-21-25-17-12-20(31-3)19(30-2)11-16(17)23(29)26-21/h4-6,8,10-12,19H,7,9,13H2,1-3H3,(H,24,28). The molecule has 8 nitrogen and oxygen atoms in total. The van der Waals surface area contributed by atoms with Crippen molar-refractivity contribution in [1.29, 1.82) is 0 Å². The van der Waals surface area contributed by atoms with Crippen molar-refractivity contribution in [3.05, 3.63) is 59.5 Å². The number of hydrogen-bond acceptors (Lipinski definition) is 6. The lowest BCUT2D eigenvalue weighted by Gasteiger charge is -2.22. The summed E-state index contributed by atoms with van der Waals surface area (Å²) in [6.07, 6.45) is 4.94. The van der Waals surface area contributed by atoms with Crippen LogP contribution in [0.1, 0.15) is 10.4 Å². The van der Waals surface area contributed by atoms with Gasteiger partial charge >= 0.3 is 0 Å². The van der Waals surface area contributed by atoms with E-state index in [1.54, 1.807) is 38.1 Å². The zero-order valence-corrected chi connectivity index (χ0v) is 18.9. The maximum Gasteiger partial charge on any atom is 0.280 e. The fourth-order valence-electron chi connectivity index (χ4n) is 3.56. The Kier molecular flexibility index (Phi) is 6.57. The van der Waals surface area contributed by atoms with Crippen LogP contribution < -0.4 is 5.32 Å². The molecule has 0 spiro atoms. The lowest BCUT2D eigenvalue weighted by atomic mass is 9.99. The van der Waals surface area contributed by atoms with E-state index in [0.29, 0.717) is 46.5 Å². The van der Waals surface area contributed by atoms with Gasteiger partial charge in [-0.15, -0.1) is 0 Å². The van der Waals surface area contributed by atoms with Gasteiger partial charge in [-0.05, 0) is 29.7 Å². The Labute approximate surface area is 190 Å². The van der Waals surface area contributed by atoms with E-state index < -0.39 is 6.10 Å². The van der Waals surface area contributed by atoms with Crippen LogP contribution in [0, 0.1) is 0 Å². The number of carbonyl (C=O) groups is 2. The van der Waals surface area contributed by atoms with Gasteiger partial charge in [-0.3, -0.25) is 9.59 Å². The van der Waals surface area contributed by atoms with Crippen molar-refractivity contribution in [3.8, 4) is 0 Å². The van der Waals surface area contributed by atoms with Crippen molar-refractivity contribution in [2.45, 2.75) is 6.10 Å². The molecule has 1 N–H and O–H groups in total. The fraction of sp³-hybridized carbons (Fsp3) is 0.304. The number of methoxy groups -OCH3 is 2. The Balaban J connectivity index is 1.29. The molecule has 0 bridgehead atoms. The zero-order chi connectivity index (χ0) is 22.7. The van der Waals surface area contributed by atoms with E-state index in [2.05, 4.69) is 15.3 Å². The minimum atomic E-state index is -0.421. The maximum atomic E-state index is 12.4. The summed E-state index contributed by atoms with van der Waals surface area (Å²) in [4.78, 5) is 33.4. The van der Waals surface area contributed by atoms with E-state index in [9.17, 15) is 9.59 Å². The van der Waals surface area contributed by atoms with Crippen LogP contribution in [0.25, 0.3) is 10.9 Å². The number of aliphatic imine (C=N–C) groups is 2. The summed E-state index contributed by atoms with van der Waals surface area (Å²) in [6.45, 7) is 0.501. The molecule has 0 radical (unpaired) electrons. The molecule has 1 aromatic carbocycles. The number of carbonyl (C=O) groups excluding carboxylic acids is 2. The number of allylic oxidation sites excluding steroid dienone is 1. The molecule has 32 heavy (non-hydrogen) atoms. The third-order valence-corrected chi connectivity index (χ3v) is 6.22. The van der Waals surface area contributed by atoms with Crippen LogP contribution in [0.5, 0.6) is 0 Å². The van der Waals surface area contributed by atoms with Crippen LogP contribution in [0.4, 0.5) is 0 Å². The first-order valence-electron chi connectivity index (χ1n) is 10.1. The predicted molar refractivity (Wildman–Crippen MR) is 126 cm³/mol. The van der Waals surface area contributed by atoms with E-state index in [1.807, 2.05) is 42.1 Å². The fourth-order valence-corrected chi connectivity index (χ4v) is 4.26. The highest BCUT2D eigenvalue weighted by Gasteiger charge is 2.28. The van der Waals surface area contributed by atoms with Gasteiger partial charge in [0.25, 0.3) is 11.8 Å². The molecule has 1 aliphatic heterocycles. The van der Waals surface area contributed by atoms with Gasteiger partial charge in [-0.2, -0.15) is 16.8 Å². The monoisotopic (exact) mass is 452 g/mol. The first kappa shape index (κ1) is 22.0. The van der Waals surface area contributed by atoms with Crippen molar-refractivity contribution in [1.82, 2.24) is 9.88 Å². The minimum Gasteiger partial charge on any atom is -0.498 e. The number of amides is 2. The van der Waals surface area contributed by atoms with Gasteiger partial charge in [-0.1, -0.05) is 6.07 Å². The summed E-state index contributed by atoms with van der Waals surface area (Å²) in [7, 11) is 5.06. The van der Waals surface area contributed by atoms with Gasteiger partial charge in [0.15, 0.2) is 0 Å². The Morgan fingerprint density at radius 3 is 2.88 bits per heavy atom. The smallest absolute Gasteiger partial charge is 0.280 e. The third kappa shape index (κ3) is 4.53. The molecule has 166 valence electrons. The molecular formula is C23H24N4O4S. The number of aryl methyl sites for hydroxylation is 1. The lowest BCUT2D eigenvalue weighted by molar-refractivity contribution is -0.114. The van der Waals surface area contributed by atoms with E-state index in [4.69, 9.17) is 9.47 Å². The summed E-state index contributed by atoms with van der Waals surface area (Å²) in [6, 6.07) is 7.68. The highest BCUT2D eigenvalue weighted by molar-refractivity contribution is 8.00. The molecule has 1 aliphatic carbocycles. The van der Waals surface area contributed by atoms with Crippen LogP contribution in [0.15, 0.2) is 63.9 Å². The quantitative estimate of drug-likeness (QED) is 0.621. The molecule has 2 heterocycles. The molecule has 2 aliphatic rings. The Bertz CT molecular complexity index is 1190. The Hall–Kier alpha value is -3.17. The summed E-state index contributed by atoms with van der Waals surface area (Å²) in [5.41, 5.74) is 2.61. The first-order valence-corrected chi connectivity index (χ1v) is 11.3. The summed E-state index contributed by atoms with van der Waals surface area (Å²) in [5, 5.41) is 4.03. The van der Waals surface area contributed by atoms with Gasteiger partial charge in [0.05, 0.1) is 24.1 Å². The topological polar surface area (TPSA) is 94.3 Å². The van der Waals surface area contributed by atoms with Crippen LogP contribution in [-0.4, -0.2) is 66.3 Å². The number of amidine groups is 1.